The Morgan fingerprint density at radius 2 is 1.94 bits per heavy atom. The van der Waals surface area contributed by atoms with Crippen molar-refractivity contribution in [3.8, 4) is 11.8 Å². The third kappa shape index (κ3) is 6.57. The SMILES string of the molecule is Cc1ccc(NC(=O)/C(C#N)=C\c2ccc(OCc3ccc(Br)cc3)c(I)c2)cc1Cl. The van der Waals surface area contributed by atoms with Crippen LogP contribution in [0.1, 0.15) is 16.7 Å². The number of aryl methyl sites for hydroxylation is 1. The van der Waals surface area contributed by atoms with Crippen LogP contribution in [0, 0.1) is 21.8 Å². The first-order valence-corrected chi connectivity index (χ1v) is 11.5. The van der Waals surface area contributed by atoms with Crippen molar-refractivity contribution in [2.45, 2.75) is 13.5 Å². The minimum atomic E-state index is -0.493. The molecule has 4 nitrogen and oxygen atoms in total. The normalized spacial score (nSPS) is 11.0. The average Bonchev–Trinajstić information content (AvgIpc) is 2.75. The molecule has 1 N–H and O–H groups in total. The van der Waals surface area contributed by atoms with Crippen LogP contribution in [-0.4, -0.2) is 5.91 Å². The molecule has 156 valence electrons. The van der Waals surface area contributed by atoms with Crippen molar-refractivity contribution in [1.82, 2.24) is 0 Å². The Morgan fingerprint density at radius 3 is 2.58 bits per heavy atom. The van der Waals surface area contributed by atoms with E-state index in [1.54, 1.807) is 18.2 Å². The van der Waals surface area contributed by atoms with Gasteiger partial charge in [0.2, 0.25) is 0 Å². The average molecular weight is 608 g/mol. The first-order valence-electron chi connectivity index (χ1n) is 9.22. The molecule has 0 aliphatic rings. The van der Waals surface area contributed by atoms with Crippen molar-refractivity contribution in [3.05, 3.63) is 96.0 Å². The van der Waals surface area contributed by atoms with Gasteiger partial charge in [-0.05, 0) is 88.7 Å². The summed E-state index contributed by atoms with van der Waals surface area (Å²) in [7, 11) is 0. The molecule has 3 rings (SSSR count). The number of rotatable bonds is 6. The second-order valence-electron chi connectivity index (χ2n) is 6.69. The summed E-state index contributed by atoms with van der Waals surface area (Å²) in [6.07, 6.45) is 1.55. The summed E-state index contributed by atoms with van der Waals surface area (Å²) >= 11 is 11.7. The van der Waals surface area contributed by atoms with Crippen LogP contribution in [0.15, 0.2) is 70.7 Å². The molecule has 0 aliphatic carbocycles. The van der Waals surface area contributed by atoms with Gasteiger partial charge in [-0.2, -0.15) is 5.26 Å². The molecule has 0 heterocycles. The lowest BCUT2D eigenvalue weighted by atomic mass is 10.1. The van der Waals surface area contributed by atoms with Crippen molar-refractivity contribution >= 4 is 67.8 Å². The van der Waals surface area contributed by atoms with Gasteiger partial charge in [0.05, 0.1) is 3.57 Å². The van der Waals surface area contributed by atoms with E-state index in [1.807, 2.05) is 61.5 Å². The molecule has 3 aromatic carbocycles. The molecule has 0 aromatic heterocycles. The van der Waals surface area contributed by atoms with Gasteiger partial charge < -0.3 is 10.1 Å². The first-order chi connectivity index (χ1) is 14.9. The Morgan fingerprint density at radius 1 is 1.19 bits per heavy atom. The highest BCUT2D eigenvalue weighted by Gasteiger charge is 2.11. The summed E-state index contributed by atoms with van der Waals surface area (Å²) in [4.78, 5) is 12.5. The molecule has 0 bridgehead atoms. The number of carbonyl (C=O) groups excluding carboxylic acids is 1. The van der Waals surface area contributed by atoms with Gasteiger partial charge in [0.1, 0.15) is 24.0 Å². The van der Waals surface area contributed by atoms with Crippen LogP contribution in [0.5, 0.6) is 5.75 Å². The number of anilines is 1. The predicted octanol–water partition coefficient (Wildman–Crippen LogP) is 7.14. The number of benzene rings is 3. The summed E-state index contributed by atoms with van der Waals surface area (Å²) in [6, 6.07) is 20.6. The van der Waals surface area contributed by atoms with E-state index in [0.717, 1.165) is 30.5 Å². The largest absolute Gasteiger partial charge is 0.488 e. The lowest BCUT2D eigenvalue weighted by Crippen LogP contribution is -2.13. The maximum Gasteiger partial charge on any atom is 0.266 e. The number of halogens is 3. The van der Waals surface area contributed by atoms with Crippen LogP contribution >= 0.6 is 50.1 Å². The zero-order valence-corrected chi connectivity index (χ0v) is 21.0. The van der Waals surface area contributed by atoms with Crippen LogP contribution < -0.4 is 10.1 Å². The van der Waals surface area contributed by atoms with Crippen molar-refractivity contribution < 1.29 is 9.53 Å². The van der Waals surface area contributed by atoms with Gasteiger partial charge in [-0.25, -0.2) is 0 Å². The summed E-state index contributed by atoms with van der Waals surface area (Å²) in [5, 5.41) is 12.7. The van der Waals surface area contributed by atoms with Crippen LogP contribution in [-0.2, 0) is 11.4 Å². The maximum absolute atomic E-state index is 12.5. The van der Waals surface area contributed by atoms with Gasteiger partial charge in [0.15, 0.2) is 0 Å². The minimum Gasteiger partial charge on any atom is -0.488 e. The van der Waals surface area contributed by atoms with E-state index in [-0.39, 0.29) is 5.57 Å². The molecule has 0 aliphatic heterocycles. The van der Waals surface area contributed by atoms with Crippen molar-refractivity contribution in [1.29, 1.82) is 5.26 Å². The zero-order valence-electron chi connectivity index (χ0n) is 16.5. The zero-order chi connectivity index (χ0) is 22.4. The van der Waals surface area contributed by atoms with E-state index in [1.165, 1.54) is 0 Å². The molecule has 0 saturated heterocycles. The molecule has 0 unspecified atom stereocenters. The summed E-state index contributed by atoms with van der Waals surface area (Å²) < 4.78 is 7.80. The highest BCUT2D eigenvalue weighted by atomic mass is 127. The number of nitrogens with one attached hydrogen (secondary N) is 1. The van der Waals surface area contributed by atoms with Crippen molar-refractivity contribution in [2.24, 2.45) is 0 Å². The molecule has 0 radical (unpaired) electrons. The van der Waals surface area contributed by atoms with Gasteiger partial charge in [-0.15, -0.1) is 0 Å². The number of ether oxygens (including phenoxy) is 1. The van der Waals surface area contributed by atoms with Gasteiger partial charge >= 0.3 is 0 Å². The predicted molar refractivity (Wildman–Crippen MR) is 136 cm³/mol. The van der Waals surface area contributed by atoms with Crippen LogP contribution in [0.3, 0.4) is 0 Å². The molecule has 3 aromatic rings. The third-order valence-corrected chi connectivity index (χ3v) is 6.15. The molecule has 0 fully saturated rings. The first kappa shape index (κ1) is 23.3. The third-order valence-electron chi connectivity index (χ3n) is 4.37. The second-order valence-corrected chi connectivity index (χ2v) is 9.18. The number of carbonyl (C=O) groups is 1. The van der Waals surface area contributed by atoms with Gasteiger partial charge in [0.25, 0.3) is 5.91 Å². The molecule has 1 amide bonds. The van der Waals surface area contributed by atoms with E-state index >= 15 is 0 Å². The Kier molecular flexibility index (Phi) is 8.13. The van der Waals surface area contributed by atoms with E-state index < -0.39 is 5.91 Å². The van der Waals surface area contributed by atoms with Crippen LogP contribution in [0.2, 0.25) is 5.02 Å². The fraction of sp³-hybridized carbons (Fsp3) is 0.0833. The molecular weight excluding hydrogens is 591 g/mol. The molecular formula is C24H17BrClIN2O2. The van der Waals surface area contributed by atoms with Crippen LogP contribution in [0.25, 0.3) is 6.08 Å². The Labute approximate surface area is 208 Å². The number of hydrogen-bond acceptors (Lipinski definition) is 3. The second kappa shape index (κ2) is 10.8. The van der Waals surface area contributed by atoms with E-state index in [4.69, 9.17) is 16.3 Å². The lowest BCUT2D eigenvalue weighted by Gasteiger charge is -2.10. The quantitative estimate of drug-likeness (QED) is 0.184. The fourth-order valence-electron chi connectivity index (χ4n) is 2.65. The Bertz CT molecular complexity index is 1190. The van der Waals surface area contributed by atoms with Gasteiger partial charge in [-0.3, -0.25) is 4.79 Å². The summed E-state index contributed by atoms with van der Waals surface area (Å²) in [6.45, 7) is 2.33. The summed E-state index contributed by atoms with van der Waals surface area (Å²) in [5.41, 5.74) is 3.23. The Balaban J connectivity index is 1.70. The number of amides is 1. The molecule has 0 atom stereocenters. The Hall–Kier alpha value is -2.34. The molecule has 0 saturated carbocycles. The van der Waals surface area contributed by atoms with Gasteiger partial charge in [-0.1, -0.05) is 51.8 Å². The molecule has 0 spiro atoms. The van der Waals surface area contributed by atoms with Crippen LogP contribution in [0.4, 0.5) is 5.69 Å². The van der Waals surface area contributed by atoms with E-state index in [2.05, 4.69) is 43.8 Å². The molecule has 31 heavy (non-hydrogen) atoms. The monoisotopic (exact) mass is 606 g/mol. The highest BCUT2D eigenvalue weighted by Crippen LogP contribution is 2.25. The van der Waals surface area contributed by atoms with Crippen molar-refractivity contribution in [3.63, 3.8) is 0 Å². The minimum absolute atomic E-state index is 0.00368. The number of nitriles is 1. The van der Waals surface area contributed by atoms with E-state index in [0.29, 0.717) is 17.3 Å². The fourth-order valence-corrected chi connectivity index (χ4v) is 3.79. The van der Waals surface area contributed by atoms with Crippen molar-refractivity contribution in [2.75, 3.05) is 5.32 Å². The van der Waals surface area contributed by atoms with Gasteiger partial charge in [0, 0.05) is 15.2 Å². The summed E-state index contributed by atoms with van der Waals surface area (Å²) in [5.74, 6) is 0.242. The highest BCUT2D eigenvalue weighted by molar-refractivity contribution is 14.1. The van der Waals surface area contributed by atoms with E-state index in [9.17, 15) is 10.1 Å². The number of nitrogens with zero attached hydrogens (tertiary/aromatic N) is 1. The number of hydrogen-bond donors (Lipinski definition) is 1. The lowest BCUT2D eigenvalue weighted by molar-refractivity contribution is -0.112. The smallest absolute Gasteiger partial charge is 0.266 e. The maximum atomic E-state index is 12.5. The standard InChI is InChI=1S/C24H17BrClIN2O2/c1-15-2-8-20(12-21(15)26)29-24(30)18(13-28)10-17-5-9-23(22(27)11-17)31-14-16-3-6-19(25)7-4-16/h2-12H,14H2,1H3,(H,29,30)/b18-10-. The topological polar surface area (TPSA) is 62.1 Å². The molecule has 7 heteroatoms.